The predicted molar refractivity (Wildman–Crippen MR) is 114 cm³/mol. The molecular formula is C23H27ClO7. The molecule has 0 radical (unpaired) electrons. The van der Waals surface area contributed by atoms with E-state index in [-0.39, 0.29) is 0 Å². The van der Waals surface area contributed by atoms with Crippen molar-refractivity contribution in [2.45, 2.75) is 49.8 Å². The summed E-state index contributed by atoms with van der Waals surface area (Å²) in [6.07, 6.45) is -4.17. The summed E-state index contributed by atoms with van der Waals surface area (Å²) >= 11 is 6.75. The van der Waals surface area contributed by atoms with Crippen molar-refractivity contribution in [2.75, 3.05) is 20.3 Å². The number of ether oxygens (including phenoxy) is 3. The second-order valence-corrected chi connectivity index (χ2v) is 8.35. The van der Waals surface area contributed by atoms with Gasteiger partial charge >= 0.3 is 0 Å². The molecular weight excluding hydrogens is 424 g/mol. The first kappa shape index (κ1) is 22.3. The van der Waals surface area contributed by atoms with Crippen LogP contribution in [-0.4, -0.2) is 65.2 Å². The Balaban J connectivity index is 1.75. The molecule has 5 atom stereocenters. The van der Waals surface area contributed by atoms with Gasteiger partial charge in [0.15, 0.2) is 0 Å². The molecule has 31 heavy (non-hydrogen) atoms. The third kappa shape index (κ3) is 4.26. The average Bonchev–Trinajstić information content (AvgIpc) is 2.80. The van der Waals surface area contributed by atoms with E-state index in [0.717, 1.165) is 35.3 Å². The molecule has 0 aliphatic carbocycles. The number of halogens is 1. The van der Waals surface area contributed by atoms with E-state index in [2.05, 4.69) is 0 Å². The summed E-state index contributed by atoms with van der Waals surface area (Å²) in [6.45, 7) is 0.0162. The number of aliphatic hydroxyl groups excluding tert-OH is 4. The lowest BCUT2D eigenvalue weighted by molar-refractivity contribution is -0.232. The van der Waals surface area contributed by atoms with E-state index < -0.39 is 37.1 Å². The molecule has 2 aromatic carbocycles. The van der Waals surface area contributed by atoms with Crippen LogP contribution in [0.2, 0.25) is 5.02 Å². The molecule has 0 amide bonds. The van der Waals surface area contributed by atoms with Gasteiger partial charge in [-0.1, -0.05) is 23.7 Å². The van der Waals surface area contributed by atoms with Crippen molar-refractivity contribution in [3.05, 3.63) is 57.6 Å². The van der Waals surface area contributed by atoms with E-state index >= 15 is 0 Å². The number of benzene rings is 2. The van der Waals surface area contributed by atoms with Crippen LogP contribution in [0.3, 0.4) is 0 Å². The number of methoxy groups -OCH3 is 1. The molecule has 8 heteroatoms. The molecule has 0 bridgehead atoms. The van der Waals surface area contributed by atoms with Crippen molar-refractivity contribution in [3.63, 3.8) is 0 Å². The van der Waals surface area contributed by atoms with Crippen LogP contribution in [0.4, 0.5) is 0 Å². The summed E-state index contributed by atoms with van der Waals surface area (Å²) in [4.78, 5) is 0. The second kappa shape index (κ2) is 9.32. The molecule has 0 aromatic heterocycles. The standard InChI is InChI=1S/C23H27ClO7/c1-29-14-6-4-12(5-7-14)9-13-10-16(22-15(18(13)24)3-2-8-30-22)23-21(28)20(27)19(26)17(11-25)31-23/h4-7,10,17,19-21,23,25-28H,2-3,8-9,11H2,1H3/t17-,19-,20+,21-,23+/m0/s1. The van der Waals surface area contributed by atoms with Crippen molar-refractivity contribution in [2.24, 2.45) is 0 Å². The van der Waals surface area contributed by atoms with Gasteiger partial charge in [0, 0.05) is 11.1 Å². The van der Waals surface area contributed by atoms with E-state index in [4.69, 9.17) is 25.8 Å². The minimum atomic E-state index is -1.46. The third-order valence-electron chi connectivity index (χ3n) is 5.98. The quantitative estimate of drug-likeness (QED) is 0.549. The first-order valence-corrected chi connectivity index (χ1v) is 10.7. The lowest BCUT2D eigenvalue weighted by Gasteiger charge is -2.41. The Kier molecular flexibility index (Phi) is 6.71. The van der Waals surface area contributed by atoms with E-state index in [9.17, 15) is 20.4 Å². The molecule has 4 rings (SSSR count). The van der Waals surface area contributed by atoms with Crippen molar-refractivity contribution in [1.29, 1.82) is 0 Å². The number of hydrogen-bond acceptors (Lipinski definition) is 7. The van der Waals surface area contributed by atoms with Gasteiger partial charge in [0.25, 0.3) is 0 Å². The van der Waals surface area contributed by atoms with E-state index in [1.165, 1.54) is 0 Å². The maximum Gasteiger partial charge on any atom is 0.129 e. The fourth-order valence-electron chi connectivity index (χ4n) is 4.26. The van der Waals surface area contributed by atoms with Crippen molar-refractivity contribution < 1.29 is 34.6 Å². The minimum Gasteiger partial charge on any atom is -0.497 e. The van der Waals surface area contributed by atoms with E-state index in [1.807, 2.05) is 30.3 Å². The fourth-order valence-corrected chi connectivity index (χ4v) is 4.56. The van der Waals surface area contributed by atoms with Gasteiger partial charge in [0.05, 0.1) is 25.3 Å². The van der Waals surface area contributed by atoms with Gasteiger partial charge in [-0.05, 0) is 48.6 Å². The second-order valence-electron chi connectivity index (χ2n) is 7.97. The van der Waals surface area contributed by atoms with E-state index in [1.54, 1.807) is 7.11 Å². The average molecular weight is 451 g/mol. The summed E-state index contributed by atoms with van der Waals surface area (Å²) in [5, 5.41) is 41.3. The molecule has 0 saturated carbocycles. The lowest BCUT2D eigenvalue weighted by Crippen LogP contribution is -2.55. The van der Waals surface area contributed by atoms with Crippen molar-refractivity contribution in [1.82, 2.24) is 0 Å². The van der Waals surface area contributed by atoms with Crippen LogP contribution in [0.15, 0.2) is 30.3 Å². The predicted octanol–water partition coefficient (Wildman–Crippen LogP) is 1.78. The highest BCUT2D eigenvalue weighted by Gasteiger charge is 2.45. The molecule has 2 aliphatic heterocycles. The normalized spacial score (nSPS) is 28.0. The maximum absolute atomic E-state index is 10.7. The van der Waals surface area contributed by atoms with Crippen molar-refractivity contribution >= 4 is 11.6 Å². The van der Waals surface area contributed by atoms with Gasteiger partial charge in [-0.25, -0.2) is 0 Å². The summed E-state index contributed by atoms with van der Waals surface area (Å²) in [5.74, 6) is 1.30. The Morgan fingerprint density at radius 2 is 1.84 bits per heavy atom. The Bertz CT molecular complexity index is 915. The number of aliphatic hydroxyl groups is 4. The largest absolute Gasteiger partial charge is 0.497 e. The van der Waals surface area contributed by atoms with Gasteiger partial charge in [-0.3, -0.25) is 0 Å². The zero-order valence-corrected chi connectivity index (χ0v) is 18.0. The van der Waals surface area contributed by atoms with Crippen LogP contribution in [0.1, 0.15) is 34.8 Å². The Hall–Kier alpha value is -1.87. The molecule has 0 spiro atoms. The summed E-state index contributed by atoms with van der Waals surface area (Å²) in [5.41, 5.74) is 3.26. The molecule has 168 valence electrons. The Morgan fingerprint density at radius 1 is 1.10 bits per heavy atom. The number of rotatable bonds is 5. The highest BCUT2D eigenvalue weighted by Crippen LogP contribution is 2.44. The van der Waals surface area contributed by atoms with Crippen molar-refractivity contribution in [3.8, 4) is 11.5 Å². The van der Waals surface area contributed by atoms with Gasteiger partial charge in [0.2, 0.25) is 0 Å². The number of hydrogen-bond donors (Lipinski definition) is 4. The molecule has 1 fully saturated rings. The Labute approximate surface area is 185 Å². The molecule has 7 nitrogen and oxygen atoms in total. The molecule has 0 unspecified atom stereocenters. The third-order valence-corrected chi connectivity index (χ3v) is 6.45. The van der Waals surface area contributed by atoms with Crippen LogP contribution in [0.25, 0.3) is 0 Å². The summed E-state index contributed by atoms with van der Waals surface area (Å²) in [6, 6.07) is 9.49. The molecule has 2 aromatic rings. The highest BCUT2D eigenvalue weighted by atomic mass is 35.5. The molecule has 2 aliphatic rings. The first-order valence-electron chi connectivity index (χ1n) is 10.3. The fraction of sp³-hybridized carbons (Fsp3) is 0.478. The zero-order chi connectivity index (χ0) is 22.1. The first-order chi connectivity index (χ1) is 14.9. The minimum absolute atomic E-state index is 0.489. The molecule has 2 heterocycles. The SMILES string of the molecule is COc1ccc(Cc2cc([C@H]3O[C@@H](CO)[C@H](O)[C@@H](O)[C@@H]3O)c3c(c2Cl)CCCO3)cc1. The van der Waals surface area contributed by atoms with Crippen LogP contribution < -0.4 is 9.47 Å². The highest BCUT2D eigenvalue weighted by molar-refractivity contribution is 6.32. The molecule has 1 saturated heterocycles. The lowest BCUT2D eigenvalue weighted by atomic mass is 9.87. The zero-order valence-electron chi connectivity index (χ0n) is 17.2. The van der Waals surface area contributed by atoms with Gasteiger partial charge < -0.3 is 34.6 Å². The summed E-state index contributed by atoms with van der Waals surface area (Å²) < 4.78 is 16.9. The van der Waals surface area contributed by atoms with Gasteiger partial charge in [-0.2, -0.15) is 0 Å². The Morgan fingerprint density at radius 3 is 2.52 bits per heavy atom. The smallest absolute Gasteiger partial charge is 0.129 e. The van der Waals surface area contributed by atoms with Gasteiger partial charge in [0.1, 0.15) is 42.0 Å². The van der Waals surface area contributed by atoms with E-state index in [0.29, 0.717) is 29.4 Å². The van der Waals surface area contributed by atoms with Crippen LogP contribution in [-0.2, 0) is 17.6 Å². The molecule has 4 N–H and O–H groups in total. The van der Waals surface area contributed by atoms with Crippen LogP contribution in [0, 0.1) is 0 Å². The topological polar surface area (TPSA) is 109 Å². The number of fused-ring (bicyclic) bond motifs is 1. The maximum atomic E-state index is 10.7. The van der Waals surface area contributed by atoms with Crippen LogP contribution in [0.5, 0.6) is 11.5 Å². The summed E-state index contributed by atoms with van der Waals surface area (Å²) in [7, 11) is 1.61. The van der Waals surface area contributed by atoms with Crippen LogP contribution >= 0.6 is 11.6 Å². The van der Waals surface area contributed by atoms with Gasteiger partial charge in [-0.15, -0.1) is 0 Å². The monoisotopic (exact) mass is 450 g/mol.